The van der Waals surface area contributed by atoms with Crippen LogP contribution in [0.1, 0.15) is 18.4 Å². The average Bonchev–Trinajstić information content (AvgIpc) is 3.54. The van der Waals surface area contributed by atoms with Crippen LogP contribution in [0.4, 0.5) is 5.69 Å². The number of halogens is 1. The highest BCUT2D eigenvalue weighted by atomic mass is 35.5. The molecule has 1 amide bonds. The van der Waals surface area contributed by atoms with Gasteiger partial charge >= 0.3 is 5.97 Å². The van der Waals surface area contributed by atoms with E-state index in [1.807, 2.05) is 6.07 Å². The van der Waals surface area contributed by atoms with Crippen LogP contribution in [0.15, 0.2) is 48.0 Å². The number of ether oxygens (including phenoxy) is 2. The summed E-state index contributed by atoms with van der Waals surface area (Å²) in [7, 11) is 1.45. The third-order valence-corrected chi connectivity index (χ3v) is 4.44. The molecule has 1 saturated carbocycles. The molecule has 0 spiro atoms. The van der Waals surface area contributed by atoms with Gasteiger partial charge in [0.2, 0.25) is 0 Å². The molecule has 142 valence electrons. The van der Waals surface area contributed by atoms with Crippen molar-refractivity contribution in [2.24, 2.45) is 5.92 Å². The molecule has 7 heteroatoms. The van der Waals surface area contributed by atoms with Gasteiger partial charge in [0.1, 0.15) is 11.6 Å². The van der Waals surface area contributed by atoms with E-state index in [0.29, 0.717) is 27.8 Å². The standard InChI is InChI=1S/C21H17ClN2O4/c1-27-19-11-13(6-9-18(19)28-21(26)14-7-8-14)10-15(12-23)20(25)24-17-5-3-2-4-16(17)22/h2-6,9-11,14H,7-8H2,1H3,(H,24,25)/b15-10+. The predicted octanol–water partition coefficient (Wildman–Crippen LogP) is 4.21. The summed E-state index contributed by atoms with van der Waals surface area (Å²) in [5, 5.41) is 12.3. The Bertz CT molecular complexity index is 990. The Hall–Kier alpha value is -3.30. The molecule has 6 nitrogen and oxygen atoms in total. The Morgan fingerprint density at radius 2 is 1.96 bits per heavy atom. The van der Waals surface area contributed by atoms with E-state index in [4.69, 9.17) is 21.1 Å². The van der Waals surface area contributed by atoms with Crippen molar-refractivity contribution in [2.75, 3.05) is 12.4 Å². The van der Waals surface area contributed by atoms with E-state index in [2.05, 4.69) is 5.32 Å². The predicted molar refractivity (Wildman–Crippen MR) is 105 cm³/mol. The molecular weight excluding hydrogens is 380 g/mol. The van der Waals surface area contributed by atoms with Crippen molar-refractivity contribution in [3.8, 4) is 17.6 Å². The Labute approximate surface area is 167 Å². The lowest BCUT2D eigenvalue weighted by molar-refractivity contribution is -0.135. The molecule has 0 heterocycles. The van der Waals surface area contributed by atoms with Crippen LogP contribution in [0.5, 0.6) is 11.5 Å². The lowest BCUT2D eigenvalue weighted by Gasteiger charge is -2.10. The van der Waals surface area contributed by atoms with Crippen LogP contribution >= 0.6 is 11.6 Å². The summed E-state index contributed by atoms with van der Waals surface area (Å²) in [6.07, 6.45) is 3.10. The third kappa shape index (κ3) is 4.70. The quantitative estimate of drug-likeness (QED) is 0.342. The van der Waals surface area contributed by atoms with Crippen molar-refractivity contribution in [2.45, 2.75) is 12.8 Å². The van der Waals surface area contributed by atoms with Gasteiger partial charge in [-0.3, -0.25) is 9.59 Å². The van der Waals surface area contributed by atoms with Gasteiger partial charge in [-0.1, -0.05) is 29.8 Å². The lowest BCUT2D eigenvalue weighted by Crippen LogP contribution is -2.13. The van der Waals surface area contributed by atoms with Crippen LogP contribution in [0.2, 0.25) is 5.02 Å². The number of anilines is 1. The minimum atomic E-state index is -0.584. The Morgan fingerprint density at radius 3 is 2.61 bits per heavy atom. The minimum Gasteiger partial charge on any atom is -0.493 e. The molecular formula is C21H17ClN2O4. The summed E-state index contributed by atoms with van der Waals surface area (Å²) in [5.74, 6) is -0.262. The first-order valence-corrected chi connectivity index (χ1v) is 8.97. The van der Waals surface area contributed by atoms with Gasteiger partial charge in [0, 0.05) is 0 Å². The maximum Gasteiger partial charge on any atom is 0.314 e. The maximum atomic E-state index is 12.4. The van der Waals surface area contributed by atoms with Gasteiger partial charge in [0.25, 0.3) is 5.91 Å². The van der Waals surface area contributed by atoms with Crippen LogP contribution in [-0.4, -0.2) is 19.0 Å². The first-order valence-electron chi connectivity index (χ1n) is 8.59. The van der Waals surface area contributed by atoms with E-state index in [1.54, 1.807) is 42.5 Å². The molecule has 0 saturated heterocycles. The fourth-order valence-electron chi connectivity index (χ4n) is 2.44. The molecule has 1 aliphatic rings. The first kappa shape index (κ1) is 19.5. The van der Waals surface area contributed by atoms with E-state index in [9.17, 15) is 14.9 Å². The van der Waals surface area contributed by atoms with Crippen LogP contribution in [0.25, 0.3) is 6.08 Å². The van der Waals surface area contributed by atoms with Gasteiger partial charge in [0.05, 0.1) is 23.7 Å². The molecule has 0 unspecified atom stereocenters. The smallest absolute Gasteiger partial charge is 0.314 e. The summed E-state index contributed by atoms with van der Waals surface area (Å²) >= 11 is 6.03. The van der Waals surface area contributed by atoms with Crippen molar-refractivity contribution in [1.82, 2.24) is 0 Å². The number of carbonyl (C=O) groups is 2. The highest BCUT2D eigenvalue weighted by molar-refractivity contribution is 6.34. The Kier molecular flexibility index (Phi) is 5.97. The number of para-hydroxylation sites is 1. The molecule has 1 aliphatic carbocycles. The zero-order chi connectivity index (χ0) is 20.1. The number of benzene rings is 2. The SMILES string of the molecule is COc1cc(/C=C(\C#N)C(=O)Nc2ccccc2Cl)ccc1OC(=O)C1CC1. The fourth-order valence-corrected chi connectivity index (χ4v) is 2.62. The largest absolute Gasteiger partial charge is 0.493 e. The third-order valence-electron chi connectivity index (χ3n) is 4.11. The summed E-state index contributed by atoms with van der Waals surface area (Å²) in [6.45, 7) is 0. The molecule has 0 bridgehead atoms. The molecule has 2 aromatic carbocycles. The van der Waals surface area contributed by atoms with Gasteiger partial charge in [-0.2, -0.15) is 5.26 Å². The van der Waals surface area contributed by atoms with Gasteiger partial charge in [-0.05, 0) is 48.7 Å². The molecule has 0 atom stereocenters. The highest BCUT2D eigenvalue weighted by Gasteiger charge is 2.32. The van der Waals surface area contributed by atoms with E-state index < -0.39 is 5.91 Å². The van der Waals surface area contributed by atoms with Gasteiger partial charge in [0.15, 0.2) is 11.5 Å². The average molecular weight is 397 g/mol. The number of nitriles is 1. The van der Waals surface area contributed by atoms with Crippen molar-refractivity contribution in [3.63, 3.8) is 0 Å². The second kappa shape index (κ2) is 8.59. The van der Waals surface area contributed by atoms with E-state index >= 15 is 0 Å². The number of rotatable bonds is 6. The Morgan fingerprint density at radius 1 is 1.21 bits per heavy atom. The molecule has 2 aromatic rings. The van der Waals surface area contributed by atoms with E-state index in [-0.39, 0.29) is 17.5 Å². The van der Waals surface area contributed by atoms with E-state index in [0.717, 1.165) is 12.8 Å². The number of carbonyl (C=O) groups excluding carboxylic acids is 2. The van der Waals surface area contributed by atoms with Crippen LogP contribution in [0.3, 0.4) is 0 Å². The topological polar surface area (TPSA) is 88.4 Å². The summed E-state index contributed by atoms with van der Waals surface area (Å²) in [5.41, 5.74) is 0.855. The first-order chi connectivity index (χ1) is 13.5. The fraction of sp³-hybridized carbons (Fsp3) is 0.190. The molecule has 1 N–H and O–H groups in total. The maximum absolute atomic E-state index is 12.4. The molecule has 0 radical (unpaired) electrons. The number of nitrogens with zero attached hydrogens (tertiary/aromatic N) is 1. The zero-order valence-corrected chi connectivity index (χ0v) is 15.8. The van der Waals surface area contributed by atoms with E-state index in [1.165, 1.54) is 13.2 Å². The molecule has 3 rings (SSSR count). The van der Waals surface area contributed by atoms with Crippen molar-refractivity contribution in [3.05, 3.63) is 58.6 Å². The van der Waals surface area contributed by atoms with Crippen LogP contribution < -0.4 is 14.8 Å². The van der Waals surface area contributed by atoms with Crippen LogP contribution in [-0.2, 0) is 9.59 Å². The lowest BCUT2D eigenvalue weighted by atomic mass is 10.1. The molecule has 1 fully saturated rings. The highest BCUT2D eigenvalue weighted by Crippen LogP contribution is 2.34. The monoisotopic (exact) mass is 396 g/mol. The summed E-state index contributed by atoms with van der Waals surface area (Å²) in [6, 6.07) is 13.4. The van der Waals surface area contributed by atoms with Gasteiger partial charge in [-0.25, -0.2) is 0 Å². The number of esters is 1. The zero-order valence-electron chi connectivity index (χ0n) is 15.1. The minimum absolute atomic E-state index is 0.0389. The normalized spacial score (nSPS) is 13.4. The van der Waals surface area contributed by atoms with Crippen LogP contribution in [0, 0.1) is 17.2 Å². The number of hydrogen-bond donors (Lipinski definition) is 1. The molecule has 0 aromatic heterocycles. The van der Waals surface area contributed by atoms with Crippen molar-refractivity contribution in [1.29, 1.82) is 5.26 Å². The van der Waals surface area contributed by atoms with Gasteiger partial charge in [-0.15, -0.1) is 0 Å². The Balaban J connectivity index is 1.79. The molecule has 28 heavy (non-hydrogen) atoms. The number of methoxy groups -OCH3 is 1. The summed E-state index contributed by atoms with van der Waals surface area (Å²) in [4.78, 5) is 24.2. The summed E-state index contributed by atoms with van der Waals surface area (Å²) < 4.78 is 10.6. The van der Waals surface area contributed by atoms with Gasteiger partial charge < -0.3 is 14.8 Å². The number of hydrogen-bond acceptors (Lipinski definition) is 5. The number of amides is 1. The van der Waals surface area contributed by atoms with Crippen molar-refractivity contribution < 1.29 is 19.1 Å². The molecule has 0 aliphatic heterocycles. The second-order valence-electron chi connectivity index (χ2n) is 6.21. The second-order valence-corrected chi connectivity index (χ2v) is 6.62. The number of nitrogens with one attached hydrogen (secondary N) is 1. The van der Waals surface area contributed by atoms with Crippen molar-refractivity contribution >= 4 is 35.2 Å².